The smallest absolute Gasteiger partial charge is 0.227 e. The summed E-state index contributed by atoms with van der Waals surface area (Å²) in [7, 11) is 4.69. The minimum atomic E-state index is -0.0853. The molecular formula is C25H43IN2O. The maximum atomic E-state index is 12.5. The Morgan fingerprint density at radius 1 is 1.07 bits per heavy atom. The van der Waals surface area contributed by atoms with Gasteiger partial charge >= 0.3 is 0 Å². The van der Waals surface area contributed by atoms with Crippen molar-refractivity contribution < 1.29 is 33.3 Å². The summed E-state index contributed by atoms with van der Waals surface area (Å²) in [6.45, 7) is 9.68. The quantitative estimate of drug-likeness (QED) is 0.290. The highest BCUT2D eigenvalue weighted by molar-refractivity contribution is 5.83. The summed E-state index contributed by atoms with van der Waals surface area (Å²) < 4.78 is 1.08. The summed E-state index contributed by atoms with van der Waals surface area (Å²) in [6.07, 6.45) is 9.21. The minimum Gasteiger partial charge on any atom is -1.00 e. The normalized spacial score (nSPS) is 16.3. The fourth-order valence-electron chi connectivity index (χ4n) is 4.60. The van der Waals surface area contributed by atoms with E-state index in [1.165, 1.54) is 44.2 Å². The van der Waals surface area contributed by atoms with Crippen LogP contribution >= 0.6 is 0 Å². The van der Waals surface area contributed by atoms with Crippen molar-refractivity contribution in [1.82, 2.24) is 5.32 Å². The molecule has 0 aromatic heterocycles. The van der Waals surface area contributed by atoms with E-state index in [1.54, 1.807) is 0 Å². The third-order valence-electron chi connectivity index (χ3n) is 6.23. The molecule has 0 radical (unpaired) electrons. The second-order valence-electron chi connectivity index (χ2n) is 10.1. The van der Waals surface area contributed by atoms with E-state index in [2.05, 4.69) is 57.5 Å². The number of benzene rings is 1. The van der Waals surface area contributed by atoms with E-state index in [0.717, 1.165) is 41.9 Å². The van der Waals surface area contributed by atoms with Crippen LogP contribution in [0.15, 0.2) is 24.3 Å². The molecular weight excluding hydrogens is 471 g/mol. The van der Waals surface area contributed by atoms with Gasteiger partial charge in [0.25, 0.3) is 0 Å². The van der Waals surface area contributed by atoms with Crippen LogP contribution in [0.2, 0.25) is 0 Å². The summed E-state index contributed by atoms with van der Waals surface area (Å²) in [5.74, 6) is 1.62. The lowest BCUT2D eigenvalue weighted by Gasteiger charge is -2.35. The van der Waals surface area contributed by atoms with Gasteiger partial charge in [-0.15, -0.1) is 0 Å². The van der Waals surface area contributed by atoms with Crippen molar-refractivity contribution in [3.05, 3.63) is 35.4 Å². The van der Waals surface area contributed by atoms with Crippen LogP contribution in [0.4, 0.5) is 0 Å². The lowest BCUT2D eigenvalue weighted by atomic mass is 9.88. The van der Waals surface area contributed by atoms with Gasteiger partial charge in [0.05, 0.1) is 33.1 Å². The average Bonchev–Trinajstić information content (AvgIpc) is 2.65. The zero-order valence-electron chi connectivity index (χ0n) is 19.3. The minimum absolute atomic E-state index is 0. The topological polar surface area (TPSA) is 29.1 Å². The Labute approximate surface area is 196 Å². The molecule has 1 aromatic carbocycles. The zero-order chi connectivity index (χ0) is 20.6. The SMILES string of the molecule is CC(C)Cc1ccc(C(C)C(=O)NCCC[N+](C)(C)CC2CCCCC2)cc1.[I-]. The summed E-state index contributed by atoms with van der Waals surface area (Å²) in [5, 5.41) is 3.16. The highest BCUT2D eigenvalue weighted by Gasteiger charge is 2.23. The highest BCUT2D eigenvalue weighted by atomic mass is 127. The first-order valence-corrected chi connectivity index (χ1v) is 11.5. The van der Waals surface area contributed by atoms with E-state index in [4.69, 9.17) is 0 Å². The fraction of sp³-hybridized carbons (Fsp3) is 0.720. The lowest BCUT2D eigenvalue weighted by molar-refractivity contribution is -0.894. The number of halogens is 1. The van der Waals surface area contributed by atoms with Gasteiger partial charge in [0.15, 0.2) is 0 Å². The second kappa shape index (κ2) is 12.9. The third-order valence-corrected chi connectivity index (χ3v) is 6.23. The molecule has 2 rings (SSSR count). The third kappa shape index (κ3) is 9.82. The molecule has 1 unspecified atom stereocenters. The number of hydrogen-bond donors (Lipinski definition) is 1. The van der Waals surface area contributed by atoms with Gasteiger partial charge in [0.2, 0.25) is 5.91 Å². The molecule has 1 aliphatic carbocycles. The largest absolute Gasteiger partial charge is 1.00 e. The Morgan fingerprint density at radius 3 is 2.28 bits per heavy atom. The summed E-state index contributed by atoms with van der Waals surface area (Å²) in [4.78, 5) is 12.5. The van der Waals surface area contributed by atoms with Gasteiger partial charge in [0, 0.05) is 18.9 Å². The van der Waals surface area contributed by atoms with E-state index in [-0.39, 0.29) is 35.8 Å². The molecule has 1 N–H and O–H groups in total. The molecule has 1 amide bonds. The van der Waals surface area contributed by atoms with Crippen LogP contribution in [0.25, 0.3) is 0 Å². The van der Waals surface area contributed by atoms with Crippen LogP contribution in [0, 0.1) is 11.8 Å². The Balaban J connectivity index is 0.00000420. The van der Waals surface area contributed by atoms with Gasteiger partial charge in [-0.1, -0.05) is 57.4 Å². The average molecular weight is 515 g/mol. The number of rotatable bonds is 10. The predicted molar refractivity (Wildman–Crippen MR) is 119 cm³/mol. The molecule has 1 fully saturated rings. The molecule has 0 aliphatic heterocycles. The number of amides is 1. The molecule has 1 saturated carbocycles. The molecule has 0 bridgehead atoms. The maximum absolute atomic E-state index is 12.5. The molecule has 0 spiro atoms. The van der Waals surface area contributed by atoms with Gasteiger partial charge in [-0.2, -0.15) is 0 Å². The number of nitrogens with one attached hydrogen (secondary N) is 1. The second-order valence-corrected chi connectivity index (χ2v) is 10.1. The van der Waals surface area contributed by atoms with Crippen molar-refractivity contribution in [3.8, 4) is 0 Å². The summed E-state index contributed by atoms with van der Waals surface area (Å²) in [6, 6.07) is 8.58. The van der Waals surface area contributed by atoms with Crippen molar-refractivity contribution in [2.45, 2.75) is 71.6 Å². The van der Waals surface area contributed by atoms with Gasteiger partial charge < -0.3 is 33.8 Å². The molecule has 1 atom stereocenters. The van der Waals surface area contributed by atoms with Gasteiger partial charge in [0.1, 0.15) is 0 Å². The van der Waals surface area contributed by atoms with Crippen molar-refractivity contribution in [2.75, 3.05) is 33.7 Å². The Morgan fingerprint density at radius 2 is 1.69 bits per heavy atom. The molecule has 1 aliphatic rings. The molecule has 166 valence electrons. The first kappa shape index (κ1) is 26.4. The molecule has 1 aromatic rings. The first-order valence-electron chi connectivity index (χ1n) is 11.5. The Kier molecular flexibility index (Phi) is 11.8. The highest BCUT2D eigenvalue weighted by Crippen LogP contribution is 2.25. The fourth-order valence-corrected chi connectivity index (χ4v) is 4.60. The van der Waals surface area contributed by atoms with Gasteiger partial charge in [-0.25, -0.2) is 0 Å². The molecule has 0 heterocycles. The Bertz CT molecular complexity index is 591. The molecule has 4 heteroatoms. The Hall–Kier alpha value is -0.620. The van der Waals surface area contributed by atoms with E-state index in [9.17, 15) is 4.79 Å². The summed E-state index contributed by atoms with van der Waals surface area (Å²) in [5.41, 5.74) is 2.46. The van der Waals surface area contributed by atoms with Crippen molar-refractivity contribution in [3.63, 3.8) is 0 Å². The van der Waals surface area contributed by atoms with Crippen molar-refractivity contribution in [1.29, 1.82) is 0 Å². The van der Waals surface area contributed by atoms with Gasteiger partial charge in [-0.05, 0) is 43.2 Å². The predicted octanol–water partition coefficient (Wildman–Crippen LogP) is 2.16. The first-order chi connectivity index (χ1) is 13.3. The van der Waals surface area contributed by atoms with Crippen LogP contribution in [0.5, 0.6) is 0 Å². The molecule has 29 heavy (non-hydrogen) atoms. The summed E-state index contributed by atoms with van der Waals surface area (Å²) >= 11 is 0. The van der Waals surface area contributed by atoms with Crippen molar-refractivity contribution in [2.24, 2.45) is 11.8 Å². The number of hydrogen-bond acceptors (Lipinski definition) is 1. The van der Waals surface area contributed by atoms with Crippen molar-refractivity contribution >= 4 is 5.91 Å². The van der Waals surface area contributed by atoms with Crippen LogP contribution in [0.1, 0.15) is 76.3 Å². The van der Waals surface area contributed by atoms with E-state index in [1.807, 2.05) is 6.92 Å². The van der Waals surface area contributed by atoms with Crippen LogP contribution < -0.4 is 29.3 Å². The number of carbonyl (C=O) groups excluding carboxylic acids is 1. The zero-order valence-corrected chi connectivity index (χ0v) is 21.5. The maximum Gasteiger partial charge on any atom is 0.227 e. The van der Waals surface area contributed by atoms with E-state index in [0.29, 0.717) is 5.92 Å². The van der Waals surface area contributed by atoms with Crippen LogP contribution in [0.3, 0.4) is 0 Å². The van der Waals surface area contributed by atoms with E-state index >= 15 is 0 Å². The van der Waals surface area contributed by atoms with E-state index < -0.39 is 0 Å². The van der Waals surface area contributed by atoms with Gasteiger partial charge in [-0.3, -0.25) is 4.79 Å². The van der Waals surface area contributed by atoms with Crippen LogP contribution in [-0.2, 0) is 11.2 Å². The lowest BCUT2D eigenvalue weighted by Crippen LogP contribution is -3.00. The molecule has 0 saturated heterocycles. The standard InChI is InChI=1S/C25H42N2O.HI/c1-20(2)18-22-12-14-24(15-13-22)21(3)25(28)26-16-9-17-27(4,5)19-23-10-7-6-8-11-23;/h12-15,20-21,23H,6-11,16-19H2,1-5H3;1H. The molecule has 3 nitrogen and oxygen atoms in total. The van der Waals surface area contributed by atoms with Crippen LogP contribution in [-0.4, -0.2) is 44.1 Å². The monoisotopic (exact) mass is 514 g/mol. The number of nitrogens with zero attached hydrogens (tertiary/aromatic N) is 1. The number of carbonyl (C=O) groups is 1. The number of quaternary nitrogens is 1.